The van der Waals surface area contributed by atoms with Crippen LogP contribution in [0, 0.1) is 19.5 Å². The quantitative estimate of drug-likeness (QED) is 0.390. The minimum Gasteiger partial charge on any atom is -0.449 e. The molecule has 0 spiro atoms. The third kappa shape index (κ3) is 3.21. The lowest BCUT2D eigenvalue weighted by atomic mass is 10.3. The second kappa shape index (κ2) is 5.83. The third-order valence-corrected chi connectivity index (χ3v) is 3.75. The SMILES string of the molecule is O=[N+]([O-])c1cc(F)c(Br)cc1Oc1ccccc1I. The Labute approximate surface area is 130 Å². The summed E-state index contributed by atoms with van der Waals surface area (Å²) in [6.07, 6.45) is 0. The lowest BCUT2D eigenvalue weighted by molar-refractivity contribution is -0.385. The predicted molar refractivity (Wildman–Crippen MR) is 80.0 cm³/mol. The summed E-state index contributed by atoms with van der Waals surface area (Å²) < 4.78 is 19.7. The number of para-hydroxylation sites is 1. The van der Waals surface area contributed by atoms with Crippen LogP contribution in [0.5, 0.6) is 11.5 Å². The number of hydrogen-bond donors (Lipinski definition) is 0. The summed E-state index contributed by atoms with van der Waals surface area (Å²) in [5.74, 6) is -0.242. The van der Waals surface area contributed by atoms with Crippen molar-refractivity contribution >= 4 is 44.2 Å². The van der Waals surface area contributed by atoms with E-state index in [9.17, 15) is 14.5 Å². The molecule has 0 aromatic heterocycles. The van der Waals surface area contributed by atoms with Gasteiger partial charge in [-0.3, -0.25) is 10.1 Å². The molecule has 0 aliphatic carbocycles. The second-order valence-electron chi connectivity index (χ2n) is 3.52. The molecule has 2 rings (SSSR count). The fraction of sp³-hybridized carbons (Fsp3) is 0. The van der Waals surface area contributed by atoms with E-state index in [0.717, 1.165) is 9.64 Å². The van der Waals surface area contributed by atoms with Crippen molar-refractivity contribution in [1.29, 1.82) is 0 Å². The van der Waals surface area contributed by atoms with Crippen LogP contribution in [-0.2, 0) is 0 Å². The van der Waals surface area contributed by atoms with Crippen LogP contribution in [0.2, 0.25) is 0 Å². The maximum atomic E-state index is 13.3. The van der Waals surface area contributed by atoms with Crippen LogP contribution in [0.4, 0.5) is 10.1 Å². The largest absolute Gasteiger partial charge is 0.449 e. The molecular formula is C12H6BrFINO3. The molecule has 19 heavy (non-hydrogen) atoms. The average Bonchev–Trinajstić information content (AvgIpc) is 2.36. The smallest absolute Gasteiger partial charge is 0.314 e. The van der Waals surface area contributed by atoms with Gasteiger partial charge in [-0.25, -0.2) is 4.39 Å². The van der Waals surface area contributed by atoms with Crippen LogP contribution in [0.1, 0.15) is 0 Å². The lowest BCUT2D eigenvalue weighted by Crippen LogP contribution is -1.96. The molecule has 0 saturated heterocycles. The highest BCUT2D eigenvalue weighted by Gasteiger charge is 2.20. The van der Waals surface area contributed by atoms with Gasteiger partial charge in [0.15, 0.2) is 0 Å². The number of rotatable bonds is 3. The molecule has 98 valence electrons. The van der Waals surface area contributed by atoms with Crippen molar-refractivity contribution in [3.63, 3.8) is 0 Å². The van der Waals surface area contributed by atoms with Crippen molar-refractivity contribution in [1.82, 2.24) is 0 Å². The Balaban J connectivity index is 2.48. The van der Waals surface area contributed by atoms with Crippen LogP contribution in [0.3, 0.4) is 0 Å². The van der Waals surface area contributed by atoms with Gasteiger partial charge in [0.25, 0.3) is 0 Å². The monoisotopic (exact) mass is 437 g/mol. The molecule has 0 N–H and O–H groups in total. The number of benzene rings is 2. The van der Waals surface area contributed by atoms with Crippen molar-refractivity contribution in [2.75, 3.05) is 0 Å². The van der Waals surface area contributed by atoms with Crippen LogP contribution in [-0.4, -0.2) is 4.92 Å². The van der Waals surface area contributed by atoms with Crippen molar-refractivity contribution < 1.29 is 14.1 Å². The first-order chi connectivity index (χ1) is 8.99. The molecule has 2 aromatic carbocycles. The van der Waals surface area contributed by atoms with E-state index in [0.29, 0.717) is 5.75 Å². The summed E-state index contributed by atoms with van der Waals surface area (Å²) >= 11 is 5.03. The van der Waals surface area contributed by atoms with Crippen LogP contribution >= 0.6 is 38.5 Å². The van der Waals surface area contributed by atoms with Gasteiger partial charge in [-0.1, -0.05) is 12.1 Å². The molecule has 0 aliphatic heterocycles. The van der Waals surface area contributed by atoms with Gasteiger partial charge in [0.05, 0.1) is 19.0 Å². The fourth-order valence-corrected chi connectivity index (χ4v) is 2.21. The van der Waals surface area contributed by atoms with E-state index in [1.54, 1.807) is 18.2 Å². The number of halogens is 3. The first-order valence-electron chi connectivity index (χ1n) is 5.05. The molecule has 0 amide bonds. The topological polar surface area (TPSA) is 52.4 Å². The highest BCUT2D eigenvalue weighted by molar-refractivity contribution is 14.1. The Kier molecular flexibility index (Phi) is 4.35. The predicted octanol–water partition coefficient (Wildman–Crippen LogP) is 4.89. The Morgan fingerprint density at radius 2 is 1.95 bits per heavy atom. The summed E-state index contributed by atoms with van der Waals surface area (Å²) in [6, 6.07) is 9.14. The average molecular weight is 438 g/mol. The van der Waals surface area contributed by atoms with E-state index in [1.165, 1.54) is 6.07 Å². The lowest BCUT2D eigenvalue weighted by Gasteiger charge is -2.08. The summed E-state index contributed by atoms with van der Waals surface area (Å²) in [5, 5.41) is 10.9. The first kappa shape index (κ1) is 14.2. The number of nitro groups is 1. The molecule has 0 fully saturated rings. The zero-order chi connectivity index (χ0) is 14.0. The number of ether oxygens (including phenoxy) is 1. The number of nitro benzene ring substituents is 1. The normalized spacial score (nSPS) is 10.3. The maximum absolute atomic E-state index is 13.3. The van der Waals surface area contributed by atoms with Gasteiger partial charge in [-0.05, 0) is 50.7 Å². The second-order valence-corrected chi connectivity index (χ2v) is 5.54. The van der Waals surface area contributed by atoms with Crippen LogP contribution in [0.15, 0.2) is 40.9 Å². The van der Waals surface area contributed by atoms with Crippen LogP contribution in [0.25, 0.3) is 0 Å². The van der Waals surface area contributed by atoms with E-state index in [-0.39, 0.29) is 10.2 Å². The summed E-state index contributed by atoms with van der Waals surface area (Å²) in [5.41, 5.74) is -0.416. The summed E-state index contributed by atoms with van der Waals surface area (Å²) in [7, 11) is 0. The van der Waals surface area contributed by atoms with Crippen molar-refractivity contribution in [2.24, 2.45) is 0 Å². The summed E-state index contributed by atoms with van der Waals surface area (Å²) in [4.78, 5) is 10.2. The van der Waals surface area contributed by atoms with E-state index in [2.05, 4.69) is 38.5 Å². The molecule has 0 aliphatic rings. The van der Waals surface area contributed by atoms with E-state index in [4.69, 9.17) is 4.74 Å². The minimum absolute atomic E-state index is 0.0117. The van der Waals surface area contributed by atoms with E-state index >= 15 is 0 Å². The maximum Gasteiger partial charge on any atom is 0.314 e. The molecule has 0 bridgehead atoms. The van der Waals surface area contributed by atoms with Gasteiger partial charge in [-0.2, -0.15) is 0 Å². The van der Waals surface area contributed by atoms with Gasteiger partial charge < -0.3 is 4.74 Å². The third-order valence-electron chi connectivity index (χ3n) is 2.26. The molecule has 0 atom stereocenters. The molecule has 2 aromatic rings. The van der Waals surface area contributed by atoms with Gasteiger partial charge in [0.2, 0.25) is 5.75 Å². The molecule has 4 nitrogen and oxygen atoms in total. The Morgan fingerprint density at radius 3 is 2.58 bits per heavy atom. The first-order valence-corrected chi connectivity index (χ1v) is 6.92. The summed E-state index contributed by atoms with van der Waals surface area (Å²) in [6.45, 7) is 0. The van der Waals surface area contributed by atoms with Gasteiger partial charge in [-0.15, -0.1) is 0 Å². The van der Waals surface area contributed by atoms with Gasteiger partial charge in [0, 0.05) is 6.07 Å². The van der Waals surface area contributed by atoms with E-state index < -0.39 is 16.4 Å². The van der Waals surface area contributed by atoms with E-state index in [1.807, 2.05) is 6.07 Å². The fourth-order valence-electron chi connectivity index (χ4n) is 1.39. The number of nitrogens with zero attached hydrogens (tertiary/aromatic N) is 1. The van der Waals surface area contributed by atoms with Crippen LogP contribution < -0.4 is 4.74 Å². The van der Waals surface area contributed by atoms with Gasteiger partial charge >= 0.3 is 5.69 Å². The molecular weight excluding hydrogens is 432 g/mol. The zero-order valence-electron chi connectivity index (χ0n) is 9.27. The minimum atomic E-state index is -0.707. The molecule has 0 unspecified atom stereocenters. The Hall–Kier alpha value is -1.22. The Bertz CT molecular complexity index is 651. The highest BCUT2D eigenvalue weighted by Crippen LogP contribution is 2.36. The molecule has 7 heteroatoms. The highest BCUT2D eigenvalue weighted by atomic mass is 127. The van der Waals surface area contributed by atoms with Gasteiger partial charge in [0.1, 0.15) is 11.6 Å². The zero-order valence-corrected chi connectivity index (χ0v) is 13.0. The molecule has 0 radical (unpaired) electrons. The molecule has 0 heterocycles. The van der Waals surface area contributed by atoms with Crippen molar-refractivity contribution in [3.05, 3.63) is 60.4 Å². The Morgan fingerprint density at radius 1 is 1.26 bits per heavy atom. The molecule has 0 saturated carbocycles. The van der Waals surface area contributed by atoms with Crippen molar-refractivity contribution in [3.8, 4) is 11.5 Å². The van der Waals surface area contributed by atoms with Crippen molar-refractivity contribution in [2.45, 2.75) is 0 Å². The standard InChI is InChI=1S/C12H6BrFINO3/c13-7-5-12(10(16(17)18)6-8(7)14)19-11-4-2-1-3-9(11)15/h1-6H. The number of hydrogen-bond acceptors (Lipinski definition) is 3.